The van der Waals surface area contributed by atoms with Crippen molar-refractivity contribution in [2.24, 2.45) is 0 Å². The van der Waals surface area contributed by atoms with Gasteiger partial charge < -0.3 is 15.0 Å². The summed E-state index contributed by atoms with van der Waals surface area (Å²) in [7, 11) is -3.19. The first kappa shape index (κ1) is 20.3. The Kier molecular flexibility index (Phi) is 6.05. The summed E-state index contributed by atoms with van der Waals surface area (Å²) >= 11 is 0. The third kappa shape index (κ3) is 4.80. The average molecular weight is 394 g/mol. The molecule has 1 fully saturated rings. The van der Waals surface area contributed by atoms with Gasteiger partial charge in [-0.15, -0.1) is 0 Å². The molecule has 2 amide bonds. The lowest BCUT2D eigenvalue weighted by Crippen LogP contribution is -2.43. The number of nitrogens with zero attached hydrogens (tertiary/aromatic N) is 1. The fourth-order valence-electron chi connectivity index (χ4n) is 2.86. The number of carbonyl (C=O) groups is 1. The molecule has 1 aliphatic rings. The second kappa shape index (κ2) is 7.73. The second-order valence-electron chi connectivity index (χ2n) is 5.91. The second-order valence-corrected chi connectivity index (χ2v) is 8.14. The Morgan fingerprint density at radius 2 is 2.04 bits per heavy atom. The number of hydrogen-bond acceptors (Lipinski definition) is 4. The minimum Gasteiger partial charge on any atom is -0.492 e. The number of ether oxygens (including phenoxy) is 1. The zero-order valence-corrected chi connectivity index (χ0v) is 15.3. The van der Waals surface area contributed by atoms with Gasteiger partial charge in [0.25, 0.3) is 0 Å². The summed E-state index contributed by atoms with van der Waals surface area (Å²) < 4.78 is 67.4. The van der Waals surface area contributed by atoms with Crippen LogP contribution in [0.3, 0.4) is 0 Å². The van der Waals surface area contributed by atoms with Gasteiger partial charge in [-0.1, -0.05) is 0 Å². The summed E-state index contributed by atoms with van der Waals surface area (Å²) in [5.41, 5.74) is -1.02. The lowest BCUT2D eigenvalue weighted by Gasteiger charge is -2.27. The molecule has 0 unspecified atom stereocenters. The molecule has 0 aromatic heterocycles. The van der Waals surface area contributed by atoms with Crippen LogP contribution in [0.4, 0.5) is 23.7 Å². The van der Waals surface area contributed by atoms with Crippen LogP contribution in [0, 0.1) is 0 Å². The van der Waals surface area contributed by atoms with Crippen molar-refractivity contribution in [1.82, 2.24) is 4.90 Å². The van der Waals surface area contributed by atoms with Crippen LogP contribution < -0.4 is 10.1 Å². The Morgan fingerprint density at radius 1 is 1.35 bits per heavy atom. The smallest absolute Gasteiger partial charge is 0.416 e. The number of amides is 2. The van der Waals surface area contributed by atoms with E-state index < -0.39 is 33.6 Å². The maximum Gasteiger partial charge on any atom is 0.416 e. The van der Waals surface area contributed by atoms with Gasteiger partial charge in [-0.25, -0.2) is 13.2 Å². The van der Waals surface area contributed by atoms with Gasteiger partial charge in [-0.3, -0.25) is 0 Å². The lowest BCUT2D eigenvalue weighted by atomic mass is 10.1. The SMILES string of the molecule is CCOc1ccc(C(F)(F)F)cc1NC(=O)N(CC)[C@@H]1CCS(=O)(=O)C1. The van der Waals surface area contributed by atoms with E-state index in [-0.39, 0.29) is 36.1 Å². The number of benzene rings is 1. The monoisotopic (exact) mass is 394 g/mol. The molecule has 0 aliphatic carbocycles. The normalized spacial score (nSPS) is 19.2. The highest BCUT2D eigenvalue weighted by atomic mass is 32.2. The molecule has 0 spiro atoms. The average Bonchev–Trinajstić information content (AvgIpc) is 2.88. The van der Waals surface area contributed by atoms with Crippen LogP contribution in [0.15, 0.2) is 18.2 Å². The molecule has 10 heteroatoms. The molecule has 1 aromatic carbocycles. The van der Waals surface area contributed by atoms with Gasteiger partial charge in [0.1, 0.15) is 5.75 Å². The largest absolute Gasteiger partial charge is 0.492 e. The molecule has 0 radical (unpaired) electrons. The Balaban J connectivity index is 2.25. The van der Waals surface area contributed by atoms with Crippen LogP contribution in [-0.2, 0) is 16.0 Å². The van der Waals surface area contributed by atoms with E-state index in [1.165, 1.54) is 4.90 Å². The number of urea groups is 1. The van der Waals surface area contributed by atoms with Crippen molar-refractivity contribution in [1.29, 1.82) is 0 Å². The van der Waals surface area contributed by atoms with Crippen molar-refractivity contribution in [3.05, 3.63) is 23.8 Å². The Bertz CT molecular complexity index is 765. The Labute approximate surface area is 150 Å². The van der Waals surface area contributed by atoms with Gasteiger partial charge in [0.2, 0.25) is 0 Å². The molecule has 1 saturated heterocycles. The summed E-state index contributed by atoms with van der Waals surface area (Å²) in [6, 6.07) is 1.68. The van der Waals surface area contributed by atoms with Crippen molar-refractivity contribution < 1.29 is 31.1 Å². The van der Waals surface area contributed by atoms with Gasteiger partial charge in [-0.05, 0) is 38.5 Å². The summed E-state index contributed by atoms with van der Waals surface area (Å²) in [5, 5.41) is 2.43. The van der Waals surface area contributed by atoms with E-state index >= 15 is 0 Å². The van der Waals surface area contributed by atoms with Gasteiger partial charge in [-0.2, -0.15) is 13.2 Å². The summed E-state index contributed by atoms with van der Waals surface area (Å²) in [6.07, 6.45) is -4.25. The fraction of sp³-hybridized carbons (Fsp3) is 0.562. The highest BCUT2D eigenvalue weighted by Crippen LogP contribution is 2.35. The van der Waals surface area contributed by atoms with E-state index in [4.69, 9.17) is 4.74 Å². The maximum atomic E-state index is 12.9. The number of rotatable bonds is 5. The first-order valence-corrected chi connectivity index (χ1v) is 10.0. The molecule has 1 N–H and O–H groups in total. The molecule has 1 aliphatic heterocycles. The summed E-state index contributed by atoms with van der Waals surface area (Å²) in [4.78, 5) is 13.9. The molecule has 1 atom stereocenters. The zero-order valence-electron chi connectivity index (χ0n) is 14.5. The molecular weight excluding hydrogens is 373 g/mol. The van der Waals surface area contributed by atoms with Crippen molar-refractivity contribution in [2.75, 3.05) is 30.0 Å². The van der Waals surface area contributed by atoms with Gasteiger partial charge >= 0.3 is 12.2 Å². The van der Waals surface area contributed by atoms with E-state index in [9.17, 15) is 26.4 Å². The summed E-state index contributed by atoms with van der Waals surface area (Å²) in [5.74, 6) is -0.0337. The third-order valence-corrected chi connectivity index (χ3v) is 5.85. The Morgan fingerprint density at radius 3 is 2.54 bits per heavy atom. The van der Waals surface area contributed by atoms with Crippen LogP contribution in [0.5, 0.6) is 5.75 Å². The Hall–Kier alpha value is -1.97. The molecule has 26 heavy (non-hydrogen) atoms. The highest BCUT2D eigenvalue weighted by Gasteiger charge is 2.35. The molecule has 146 valence electrons. The molecule has 0 saturated carbocycles. The van der Waals surface area contributed by atoms with Crippen molar-refractivity contribution in [3.63, 3.8) is 0 Å². The first-order chi connectivity index (χ1) is 12.1. The first-order valence-electron chi connectivity index (χ1n) is 8.19. The molecule has 1 aromatic rings. The predicted molar refractivity (Wildman–Crippen MR) is 91.1 cm³/mol. The van der Waals surface area contributed by atoms with E-state index in [1.807, 2.05) is 0 Å². The molecular formula is C16H21F3N2O4S. The third-order valence-electron chi connectivity index (χ3n) is 4.10. The quantitative estimate of drug-likeness (QED) is 0.833. The van der Waals surface area contributed by atoms with E-state index in [1.54, 1.807) is 13.8 Å². The molecule has 2 rings (SSSR count). The number of hydrogen-bond donors (Lipinski definition) is 1. The minimum atomic E-state index is -4.56. The molecule has 6 nitrogen and oxygen atoms in total. The topological polar surface area (TPSA) is 75.7 Å². The van der Waals surface area contributed by atoms with Gasteiger partial charge in [0, 0.05) is 12.6 Å². The van der Waals surface area contributed by atoms with E-state index in [0.29, 0.717) is 6.42 Å². The lowest BCUT2D eigenvalue weighted by molar-refractivity contribution is -0.137. The minimum absolute atomic E-state index is 0.00476. The van der Waals surface area contributed by atoms with Crippen LogP contribution in [0.25, 0.3) is 0 Å². The summed E-state index contributed by atoms with van der Waals surface area (Å²) in [6.45, 7) is 3.80. The van der Waals surface area contributed by atoms with Crippen molar-refractivity contribution in [3.8, 4) is 5.75 Å². The number of halogens is 3. The van der Waals surface area contributed by atoms with Crippen molar-refractivity contribution in [2.45, 2.75) is 32.5 Å². The van der Waals surface area contributed by atoms with E-state index in [0.717, 1.165) is 18.2 Å². The van der Waals surface area contributed by atoms with Crippen LogP contribution in [0.2, 0.25) is 0 Å². The zero-order chi connectivity index (χ0) is 19.5. The molecule has 1 heterocycles. The highest BCUT2D eigenvalue weighted by molar-refractivity contribution is 7.91. The van der Waals surface area contributed by atoms with Crippen LogP contribution in [-0.4, -0.2) is 50.0 Å². The maximum absolute atomic E-state index is 12.9. The van der Waals surface area contributed by atoms with Crippen LogP contribution >= 0.6 is 0 Å². The standard InChI is InChI=1S/C16H21F3N2O4S/c1-3-21(12-7-8-26(23,24)10-12)15(22)20-13-9-11(16(17,18)19)5-6-14(13)25-4-2/h5-6,9,12H,3-4,7-8,10H2,1-2H3,(H,20,22)/t12-/m1/s1. The number of alkyl halides is 3. The van der Waals surface area contributed by atoms with E-state index in [2.05, 4.69) is 5.32 Å². The number of carbonyl (C=O) groups excluding carboxylic acids is 1. The number of sulfone groups is 1. The van der Waals surface area contributed by atoms with Crippen LogP contribution in [0.1, 0.15) is 25.8 Å². The number of anilines is 1. The molecule has 0 bridgehead atoms. The van der Waals surface area contributed by atoms with Crippen molar-refractivity contribution >= 4 is 21.6 Å². The number of nitrogens with one attached hydrogen (secondary N) is 1. The van der Waals surface area contributed by atoms with Gasteiger partial charge in [0.05, 0.1) is 29.4 Å². The predicted octanol–water partition coefficient (Wildman–Crippen LogP) is 3.15. The van der Waals surface area contributed by atoms with Gasteiger partial charge in [0.15, 0.2) is 9.84 Å². The fourth-order valence-corrected chi connectivity index (χ4v) is 4.59.